The van der Waals surface area contributed by atoms with Crippen molar-refractivity contribution >= 4 is 16.9 Å². The van der Waals surface area contributed by atoms with Crippen LogP contribution in [0.3, 0.4) is 0 Å². The lowest BCUT2D eigenvalue weighted by Gasteiger charge is -2.30. The fraction of sp³-hybridized carbons (Fsp3) is 0.520. The molecule has 168 valence electrons. The molecule has 0 saturated carbocycles. The summed E-state index contributed by atoms with van der Waals surface area (Å²) in [5.74, 6) is 0.957. The van der Waals surface area contributed by atoms with E-state index >= 15 is 0 Å². The summed E-state index contributed by atoms with van der Waals surface area (Å²) in [6.45, 7) is 17.6. The van der Waals surface area contributed by atoms with Gasteiger partial charge >= 0.3 is 0 Å². The van der Waals surface area contributed by atoms with Crippen molar-refractivity contribution in [1.29, 1.82) is 0 Å². The van der Waals surface area contributed by atoms with E-state index in [2.05, 4.69) is 89.3 Å². The topological polar surface area (TPSA) is 40.4 Å². The van der Waals surface area contributed by atoms with Gasteiger partial charge in [-0.15, -0.1) is 0 Å². The zero-order valence-corrected chi connectivity index (χ0v) is 19.9. The highest BCUT2D eigenvalue weighted by molar-refractivity contribution is 5.77. The Balaban J connectivity index is 1.80. The summed E-state index contributed by atoms with van der Waals surface area (Å²) in [5, 5.41) is 0. The quantitative estimate of drug-likeness (QED) is 0.439. The molecular weight excluding hydrogens is 384 g/mol. The predicted octanol–water partition coefficient (Wildman–Crippen LogP) is 4.13. The number of benzene rings is 1. The molecule has 0 bridgehead atoms. The van der Waals surface area contributed by atoms with Crippen molar-refractivity contribution in [2.75, 3.05) is 57.3 Å². The number of imidazole rings is 1. The van der Waals surface area contributed by atoms with Crippen LogP contribution in [0.2, 0.25) is 0 Å². The maximum Gasteiger partial charge on any atom is 0.178 e. The number of hydrogen-bond acceptors (Lipinski definition) is 5. The molecule has 6 heteroatoms. The first-order valence-electron chi connectivity index (χ1n) is 11.7. The van der Waals surface area contributed by atoms with Crippen LogP contribution in [-0.2, 0) is 7.05 Å². The highest BCUT2D eigenvalue weighted by Crippen LogP contribution is 2.25. The molecule has 6 nitrogen and oxygen atoms in total. The van der Waals surface area contributed by atoms with Crippen molar-refractivity contribution in [2.24, 2.45) is 7.05 Å². The Labute approximate surface area is 187 Å². The number of hydrogen-bond donors (Lipinski definition) is 0. The van der Waals surface area contributed by atoms with Gasteiger partial charge in [0.1, 0.15) is 5.82 Å². The zero-order chi connectivity index (χ0) is 22.2. The molecule has 0 saturated heterocycles. The van der Waals surface area contributed by atoms with E-state index in [1.807, 2.05) is 6.07 Å². The average molecular weight is 423 g/mol. The molecule has 2 aromatic heterocycles. The summed E-state index contributed by atoms with van der Waals surface area (Å²) < 4.78 is 2.12. The van der Waals surface area contributed by atoms with Crippen LogP contribution in [0.15, 0.2) is 42.6 Å². The Morgan fingerprint density at radius 1 is 0.774 bits per heavy atom. The van der Waals surface area contributed by atoms with E-state index in [0.29, 0.717) is 0 Å². The Kier molecular flexibility index (Phi) is 8.43. The third kappa shape index (κ3) is 5.63. The number of pyridine rings is 1. The summed E-state index contributed by atoms with van der Waals surface area (Å²) in [7, 11) is 2.06. The summed E-state index contributed by atoms with van der Waals surface area (Å²) in [6.07, 6.45) is 1.80. The first-order valence-corrected chi connectivity index (χ1v) is 11.7. The number of fused-ring (bicyclic) bond motifs is 1. The SMILES string of the molecule is CCN(CC)CCN(CCN(CC)CC)c1ccc(-c2nc3ncccc3n2C)cc1. The van der Waals surface area contributed by atoms with Gasteiger partial charge in [-0.25, -0.2) is 9.97 Å². The minimum Gasteiger partial charge on any atom is -0.369 e. The standard InChI is InChI=1S/C25H38N6/c1-6-29(7-2)17-19-31(20-18-30(8-3)9-4)22-14-12-21(13-15-22)25-27-24-23(28(25)5)11-10-16-26-24/h10-16H,6-9,17-20H2,1-5H3. The molecule has 0 amide bonds. The second kappa shape index (κ2) is 11.3. The molecule has 0 N–H and O–H groups in total. The van der Waals surface area contributed by atoms with Gasteiger partial charge < -0.3 is 19.3 Å². The van der Waals surface area contributed by atoms with Crippen molar-refractivity contribution in [3.63, 3.8) is 0 Å². The highest BCUT2D eigenvalue weighted by Gasteiger charge is 2.13. The fourth-order valence-corrected chi connectivity index (χ4v) is 4.08. The fourth-order valence-electron chi connectivity index (χ4n) is 4.08. The van der Waals surface area contributed by atoms with Crippen molar-refractivity contribution < 1.29 is 0 Å². The molecule has 31 heavy (non-hydrogen) atoms. The van der Waals surface area contributed by atoms with Crippen LogP contribution in [0.1, 0.15) is 27.7 Å². The van der Waals surface area contributed by atoms with Crippen LogP contribution in [0.5, 0.6) is 0 Å². The van der Waals surface area contributed by atoms with Crippen LogP contribution in [0.25, 0.3) is 22.6 Å². The number of likely N-dealkylation sites (N-methyl/N-ethyl adjacent to an activating group) is 2. The normalized spacial score (nSPS) is 11.7. The number of aromatic nitrogens is 3. The number of rotatable bonds is 12. The molecule has 0 fully saturated rings. The second-order valence-electron chi connectivity index (χ2n) is 7.93. The summed E-state index contributed by atoms with van der Waals surface area (Å²) in [4.78, 5) is 16.7. The molecule has 3 rings (SSSR count). The van der Waals surface area contributed by atoms with Gasteiger partial charge in [0.15, 0.2) is 5.65 Å². The molecule has 3 aromatic rings. The first kappa shape index (κ1) is 23.2. The number of anilines is 1. The highest BCUT2D eigenvalue weighted by atomic mass is 15.2. The van der Waals surface area contributed by atoms with Crippen molar-refractivity contribution in [1.82, 2.24) is 24.3 Å². The summed E-state index contributed by atoms with van der Waals surface area (Å²) >= 11 is 0. The number of aryl methyl sites for hydroxylation is 1. The number of nitrogens with zero attached hydrogens (tertiary/aromatic N) is 6. The van der Waals surface area contributed by atoms with Gasteiger partial charge in [0.25, 0.3) is 0 Å². The van der Waals surface area contributed by atoms with Gasteiger partial charge in [0, 0.05) is 50.7 Å². The third-order valence-electron chi connectivity index (χ3n) is 6.31. The smallest absolute Gasteiger partial charge is 0.178 e. The van der Waals surface area contributed by atoms with Crippen LogP contribution in [-0.4, -0.2) is 76.7 Å². The zero-order valence-electron chi connectivity index (χ0n) is 19.9. The Morgan fingerprint density at radius 2 is 1.35 bits per heavy atom. The predicted molar refractivity (Wildman–Crippen MR) is 132 cm³/mol. The molecule has 0 radical (unpaired) electrons. The van der Waals surface area contributed by atoms with E-state index in [9.17, 15) is 0 Å². The maximum atomic E-state index is 4.75. The van der Waals surface area contributed by atoms with E-state index in [4.69, 9.17) is 4.98 Å². The maximum absolute atomic E-state index is 4.75. The second-order valence-corrected chi connectivity index (χ2v) is 7.93. The molecule has 0 aliphatic carbocycles. The molecule has 2 heterocycles. The lowest BCUT2D eigenvalue weighted by Crippen LogP contribution is -2.39. The average Bonchev–Trinajstić information content (AvgIpc) is 3.15. The van der Waals surface area contributed by atoms with E-state index in [1.165, 1.54) is 5.69 Å². The minimum atomic E-state index is 0.796. The Hall–Kier alpha value is -2.44. The molecule has 0 spiro atoms. The molecule has 0 unspecified atom stereocenters. The lowest BCUT2D eigenvalue weighted by atomic mass is 10.1. The summed E-state index contributed by atoms with van der Waals surface area (Å²) in [6, 6.07) is 12.9. The van der Waals surface area contributed by atoms with Crippen LogP contribution in [0, 0.1) is 0 Å². The van der Waals surface area contributed by atoms with Crippen molar-refractivity contribution in [2.45, 2.75) is 27.7 Å². The molecule has 0 aliphatic rings. The molecule has 1 aromatic carbocycles. The van der Waals surface area contributed by atoms with Gasteiger partial charge in [-0.1, -0.05) is 27.7 Å². The van der Waals surface area contributed by atoms with E-state index in [1.54, 1.807) is 6.20 Å². The Morgan fingerprint density at radius 3 is 1.87 bits per heavy atom. The van der Waals surface area contributed by atoms with Gasteiger partial charge in [-0.3, -0.25) is 0 Å². The van der Waals surface area contributed by atoms with Gasteiger partial charge in [0.05, 0.1) is 5.52 Å². The van der Waals surface area contributed by atoms with E-state index in [0.717, 1.165) is 74.9 Å². The van der Waals surface area contributed by atoms with Crippen LogP contribution in [0.4, 0.5) is 5.69 Å². The molecular formula is C25H38N6. The third-order valence-corrected chi connectivity index (χ3v) is 6.31. The first-order chi connectivity index (χ1) is 15.1. The van der Waals surface area contributed by atoms with E-state index in [-0.39, 0.29) is 0 Å². The largest absolute Gasteiger partial charge is 0.369 e. The van der Waals surface area contributed by atoms with Crippen molar-refractivity contribution in [3.8, 4) is 11.4 Å². The van der Waals surface area contributed by atoms with Gasteiger partial charge in [0.2, 0.25) is 0 Å². The van der Waals surface area contributed by atoms with E-state index < -0.39 is 0 Å². The Bertz CT molecular complexity index is 909. The van der Waals surface area contributed by atoms with Crippen LogP contribution >= 0.6 is 0 Å². The lowest BCUT2D eigenvalue weighted by molar-refractivity contribution is 0.294. The van der Waals surface area contributed by atoms with Crippen LogP contribution < -0.4 is 4.90 Å². The van der Waals surface area contributed by atoms with Gasteiger partial charge in [-0.2, -0.15) is 0 Å². The minimum absolute atomic E-state index is 0.796. The molecule has 0 aliphatic heterocycles. The van der Waals surface area contributed by atoms with Crippen molar-refractivity contribution in [3.05, 3.63) is 42.6 Å². The monoisotopic (exact) mass is 422 g/mol. The summed E-state index contributed by atoms with van der Waals surface area (Å²) in [5.41, 5.74) is 4.25. The van der Waals surface area contributed by atoms with Gasteiger partial charge in [-0.05, 0) is 62.6 Å². The molecule has 0 atom stereocenters.